The number of hydrogen-bond acceptors (Lipinski definition) is 3. The molecule has 1 aromatic carbocycles. The molecule has 84 valence electrons. The standard InChI is InChI=1S/C11H9BrFNOS/c1-6-2-3-8(13)7(4-6)9(15)10-11(12)14-5-16-10/h2-5,9,15H,1H3. The minimum atomic E-state index is -0.971. The van der Waals surface area contributed by atoms with Crippen molar-refractivity contribution >= 4 is 27.3 Å². The number of nitrogens with zero attached hydrogens (tertiary/aromatic N) is 1. The Hall–Kier alpha value is -0.780. The fraction of sp³-hybridized carbons (Fsp3) is 0.182. The maximum absolute atomic E-state index is 13.6. The molecule has 0 aliphatic carbocycles. The van der Waals surface area contributed by atoms with E-state index in [4.69, 9.17) is 0 Å². The summed E-state index contributed by atoms with van der Waals surface area (Å²) in [4.78, 5) is 4.58. The van der Waals surface area contributed by atoms with E-state index in [1.807, 2.05) is 6.92 Å². The first-order valence-electron chi connectivity index (χ1n) is 4.62. The Balaban J connectivity index is 2.45. The molecular weight excluding hydrogens is 293 g/mol. The number of aromatic nitrogens is 1. The van der Waals surface area contributed by atoms with Crippen LogP contribution in [0.4, 0.5) is 4.39 Å². The van der Waals surface area contributed by atoms with E-state index in [0.717, 1.165) is 5.56 Å². The second-order valence-corrected chi connectivity index (χ2v) is 5.07. The van der Waals surface area contributed by atoms with E-state index in [0.29, 0.717) is 9.48 Å². The van der Waals surface area contributed by atoms with Crippen LogP contribution in [0.1, 0.15) is 22.1 Å². The highest BCUT2D eigenvalue weighted by Gasteiger charge is 2.19. The third-order valence-corrected chi connectivity index (χ3v) is 4.02. The van der Waals surface area contributed by atoms with Crippen molar-refractivity contribution in [3.63, 3.8) is 0 Å². The van der Waals surface area contributed by atoms with Crippen LogP contribution >= 0.6 is 27.3 Å². The van der Waals surface area contributed by atoms with Crippen LogP contribution in [-0.4, -0.2) is 10.1 Å². The highest BCUT2D eigenvalue weighted by Crippen LogP contribution is 2.32. The van der Waals surface area contributed by atoms with Crippen molar-refractivity contribution in [2.75, 3.05) is 0 Å². The van der Waals surface area contributed by atoms with Gasteiger partial charge in [0.2, 0.25) is 0 Å². The second-order valence-electron chi connectivity index (χ2n) is 3.43. The number of benzene rings is 1. The zero-order valence-corrected chi connectivity index (χ0v) is 10.8. The molecule has 0 fully saturated rings. The molecule has 0 spiro atoms. The largest absolute Gasteiger partial charge is 0.383 e. The summed E-state index contributed by atoms with van der Waals surface area (Å²) in [5.74, 6) is -0.404. The highest BCUT2D eigenvalue weighted by atomic mass is 79.9. The first-order chi connectivity index (χ1) is 7.59. The summed E-state index contributed by atoms with van der Waals surface area (Å²) >= 11 is 4.52. The smallest absolute Gasteiger partial charge is 0.129 e. The van der Waals surface area contributed by atoms with Gasteiger partial charge in [0.05, 0.1) is 10.4 Å². The predicted octanol–water partition coefficient (Wildman–Crippen LogP) is 3.43. The fourth-order valence-electron chi connectivity index (χ4n) is 1.43. The molecule has 0 aliphatic rings. The molecular formula is C11H9BrFNOS. The van der Waals surface area contributed by atoms with Gasteiger partial charge in [-0.1, -0.05) is 17.7 Å². The lowest BCUT2D eigenvalue weighted by molar-refractivity contribution is 0.217. The number of thiazole rings is 1. The number of halogens is 2. The second kappa shape index (κ2) is 4.61. The van der Waals surface area contributed by atoms with Crippen LogP contribution in [0.3, 0.4) is 0 Å². The van der Waals surface area contributed by atoms with Gasteiger partial charge in [-0.15, -0.1) is 11.3 Å². The van der Waals surface area contributed by atoms with E-state index in [2.05, 4.69) is 20.9 Å². The minimum Gasteiger partial charge on any atom is -0.383 e. The van der Waals surface area contributed by atoms with Crippen molar-refractivity contribution in [2.45, 2.75) is 13.0 Å². The predicted molar refractivity (Wildman–Crippen MR) is 65.0 cm³/mol. The van der Waals surface area contributed by atoms with Gasteiger partial charge in [-0.05, 0) is 28.9 Å². The van der Waals surface area contributed by atoms with E-state index < -0.39 is 11.9 Å². The van der Waals surface area contributed by atoms with Crippen LogP contribution in [0.2, 0.25) is 0 Å². The Kier molecular flexibility index (Phi) is 3.37. The van der Waals surface area contributed by atoms with E-state index in [9.17, 15) is 9.50 Å². The van der Waals surface area contributed by atoms with Gasteiger partial charge in [-0.3, -0.25) is 0 Å². The molecule has 2 rings (SSSR count). The van der Waals surface area contributed by atoms with Crippen molar-refractivity contribution in [3.8, 4) is 0 Å². The summed E-state index contributed by atoms with van der Waals surface area (Å²) < 4.78 is 14.1. The SMILES string of the molecule is Cc1ccc(F)c(C(O)c2scnc2Br)c1. The zero-order valence-electron chi connectivity index (χ0n) is 8.45. The fourth-order valence-corrected chi connectivity index (χ4v) is 2.85. The Morgan fingerprint density at radius 2 is 2.25 bits per heavy atom. The van der Waals surface area contributed by atoms with Crippen LogP contribution in [0.25, 0.3) is 0 Å². The first-order valence-corrected chi connectivity index (χ1v) is 6.30. The van der Waals surface area contributed by atoms with Crippen LogP contribution < -0.4 is 0 Å². The molecule has 0 aliphatic heterocycles. The maximum Gasteiger partial charge on any atom is 0.129 e. The van der Waals surface area contributed by atoms with E-state index >= 15 is 0 Å². The lowest BCUT2D eigenvalue weighted by Gasteiger charge is -2.11. The van der Waals surface area contributed by atoms with Crippen LogP contribution in [0.15, 0.2) is 28.3 Å². The van der Waals surface area contributed by atoms with Crippen molar-refractivity contribution in [1.82, 2.24) is 4.98 Å². The number of hydrogen-bond donors (Lipinski definition) is 1. The van der Waals surface area contributed by atoms with E-state index in [-0.39, 0.29) is 5.56 Å². The Bertz CT molecular complexity index is 514. The van der Waals surface area contributed by atoms with E-state index in [1.54, 1.807) is 17.6 Å². The van der Waals surface area contributed by atoms with Crippen molar-refractivity contribution in [3.05, 3.63) is 50.1 Å². The quantitative estimate of drug-likeness (QED) is 0.922. The molecule has 0 radical (unpaired) electrons. The topological polar surface area (TPSA) is 33.1 Å². The van der Waals surface area contributed by atoms with Crippen LogP contribution in [0, 0.1) is 12.7 Å². The number of aryl methyl sites for hydroxylation is 1. The highest BCUT2D eigenvalue weighted by molar-refractivity contribution is 9.10. The molecule has 1 heterocycles. The van der Waals surface area contributed by atoms with Crippen LogP contribution in [0.5, 0.6) is 0 Å². The third-order valence-electron chi connectivity index (χ3n) is 2.24. The minimum absolute atomic E-state index is 0.282. The summed E-state index contributed by atoms with van der Waals surface area (Å²) in [6, 6.07) is 4.68. The van der Waals surface area contributed by atoms with Gasteiger partial charge in [0, 0.05) is 5.56 Å². The Morgan fingerprint density at radius 3 is 2.88 bits per heavy atom. The lowest BCUT2D eigenvalue weighted by atomic mass is 10.1. The van der Waals surface area contributed by atoms with Gasteiger partial charge in [0.1, 0.15) is 16.5 Å². The molecule has 1 aromatic heterocycles. The summed E-state index contributed by atoms with van der Waals surface area (Å²) in [5, 5.41) is 10.1. The monoisotopic (exact) mass is 301 g/mol. The zero-order chi connectivity index (χ0) is 11.7. The molecule has 0 bridgehead atoms. The van der Waals surface area contributed by atoms with E-state index in [1.165, 1.54) is 17.4 Å². The summed E-state index contributed by atoms with van der Waals surface area (Å²) in [6.45, 7) is 1.86. The van der Waals surface area contributed by atoms with Gasteiger partial charge < -0.3 is 5.11 Å². The molecule has 2 aromatic rings. The summed E-state index contributed by atoms with van der Waals surface area (Å²) in [6.07, 6.45) is -0.971. The molecule has 0 saturated carbocycles. The average Bonchev–Trinajstić information content (AvgIpc) is 2.67. The van der Waals surface area contributed by atoms with Gasteiger partial charge in [0.25, 0.3) is 0 Å². The summed E-state index contributed by atoms with van der Waals surface area (Å²) in [7, 11) is 0. The van der Waals surface area contributed by atoms with Crippen molar-refractivity contribution in [2.24, 2.45) is 0 Å². The molecule has 16 heavy (non-hydrogen) atoms. The molecule has 0 saturated heterocycles. The maximum atomic E-state index is 13.6. The Morgan fingerprint density at radius 1 is 1.50 bits per heavy atom. The molecule has 0 amide bonds. The van der Waals surface area contributed by atoms with Crippen molar-refractivity contribution < 1.29 is 9.50 Å². The average molecular weight is 302 g/mol. The van der Waals surface area contributed by atoms with Gasteiger partial charge in [-0.2, -0.15) is 0 Å². The third kappa shape index (κ3) is 2.16. The van der Waals surface area contributed by atoms with Gasteiger partial charge in [0.15, 0.2) is 0 Å². The number of aliphatic hydroxyl groups excluding tert-OH is 1. The molecule has 1 unspecified atom stereocenters. The van der Waals surface area contributed by atoms with Gasteiger partial charge >= 0.3 is 0 Å². The number of aliphatic hydroxyl groups is 1. The lowest BCUT2D eigenvalue weighted by Crippen LogP contribution is -2.01. The van der Waals surface area contributed by atoms with Gasteiger partial charge in [-0.25, -0.2) is 9.37 Å². The van der Waals surface area contributed by atoms with Crippen molar-refractivity contribution in [1.29, 1.82) is 0 Å². The molecule has 2 nitrogen and oxygen atoms in total. The van der Waals surface area contributed by atoms with Crippen LogP contribution in [-0.2, 0) is 0 Å². The Labute approximate surface area is 105 Å². The first kappa shape index (κ1) is 11.7. The number of rotatable bonds is 2. The molecule has 1 atom stereocenters. The summed E-state index contributed by atoms with van der Waals surface area (Å²) in [5.41, 5.74) is 2.80. The normalized spacial score (nSPS) is 12.8. The molecule has 5 heteroatoms. The molecule has 1 N–H and O–H groups in total.